The van der Waals surface area contributed by atoms with Gasteiger partial charge in [0.05, 0.1) is 36.0 Å². The summed E-state index contributed by atoms with van der Waals surface area (Å²) in [5.74, 6) is -0.165. The first-order valence-corrected chi connectivity index (χ1v) is 9.10. The molecule has 142 valence electrons. The predicted molar refractivity (Wildman–Crippen MR) is 103 cm³/mol. The van der Waals surface area contributed by atoms with Crippen LogP contribution < -0.4 is 10.2 Å². The average molecular weight is 376 g/mol. The van der Waals surface area contributed by atoms with Gasteiger partial charge in [0.2, 0.25) is 0 Å². The van der Waals surface area contributed by atoms with Gasteiger partial charge in [-0.3, -0.25) is 14.9 Å². The zero-order chi connectivity index (χ0) is 19.5. The third-order valence-electron chi connectivity index (χ3n) is 4.77. The molecule has 1 fully saturated rings. The van der Waals surface area contributed by atoms with E-state index < -0.39 is 6.10 Å². The summed E-state index contributed by atoms with van der Waals surface area (Å²) in [6.07, 6.45) is 2.63. The number of nitrogens with one attached hydrogen (secondary N) is 2. The molecule has 3 aromatic rings. The molecule has 1 aliphatic rings. The lowest BCUT2D eigenvalue weighted by molar-refractivity contribution is -0.137. The van der Waals surface area contributed by atoms with Crippen molar-refractivity contribution in [1.82, 2.24) is 20.5 Å². The number of hydrogen-bond donors (Lipinski definition) is 2. The van der Waals surface area contributed by atoms with E-state index in [9.17, 15) is 10.1 Å². The molecule has 8 nitrogen and oxygen atoms in total. The number of carbonyl (C=O) groups excluding carboxylic acids is 1. The Bertz CT molecular complexity index is 1030. The van der Waals surface area contributed by atoms with Crippen molar-refractivity contribution in [3.63, 3.8) is 0 Å². The molecule has 2 atom stereocenters. The van der Waals surface area contributed by atoms with Gasteiger partial charge < -0.3 is 15.0 Å². The fourth-order valence-corrected chi connectivity index (χ4v) is 3.50. The zero-order valence-electron chi connectivity index (χ0n) is 15.4. The van der Waals surface area contributed by atoms with Crippen molar-refractivity contribution in [2.45, 2.75) is 25.7 Å². The summed E-state index contributed by atoms with van der Waals surface area (Å²) < 4.78 is 5.88. The highest BCUT2D eigenvalue weighted by Gasteiger charge is 2.31. The first-order chi connectivity index (χ1) is 13.7. The minimum Gasteiger partial charge on any atom is -0.365 e. The van der Waals surface area contributed by atoms with Crippen molar-refractivity contribution in [2.75, 3.05) is 18.0 Å². The number of ether oxygens (including phenoxy) is 1. The maximum atomic E-state index is 12.6. The summed E-state index contributed by atoms with van der Waals surface area (Å²) in [7, 11) is 0. The molecule has 0 bridgehead atoms. The van der Waals surface area contributed by atoms with E-state index in [0.717, 1.165) is 16.8 Å². The summed E-state index contributed by atoms with van der Waals surface area (Å²) in [4.78, 5) is 19.1. The number of fused-ring (bicyclic) bond motifs is 1. The summed E-state index contributed by atoms with van der Waals surface area (Å²) >= 11 is 0. The van der Waals surface area contributed by atoms with Crippen LogP contribution in [0.4, 0.5) is 5.69 Å². The van der Waals surface area contributed by atoms with E-state index in [0.29, 0.717) is 30.7 Å². The Morgan fingerprint density at radius 3 is 3.04 bits per heavy atom. The molecule has 1 aliphatic heterocycles. The second kappa shape index (κ2) is 7.66. The number of rotatable bonds is 4. The van der Waals surface area contributed by atoms with Crippen LogP contribution in [0.15, 0.2) is 42.7 Å². The van der Waals surface area contributed by atoms with E-state index >= 15 is 0 Å². The van der Waals surface area contributed by atoms with Gasteiger partial charge in [-0.05, 0) is 37.3 Å². The van der Waals surface area contributed by atoms with Crippen molar-refractivity contribution < 1.29 is 9.53 Å². The number of nitrogens with zero attached hydrogens (tertiary/aromatic N) is 4. The van der Waals surface area contributed by atoms with Crippen molar-refractivity contribution >= 4 is 22.5 Å². The van der Waals surface area contributed by atoms with Crippen LogP contribution in [0, 0.1) is 11.3 Å². The Hall–Kier alpha value is -3.44. The number of aromatic amines is 1. The molecule has 1 saturated heterocycles. The first-order valence-electron chi connectivity index (χ1n) is 9.10. The number of aromatic nitrogens is 3. The SMILES string of the molecule is CC1CN(c2ccc(C#N)c3ncccc23)CC(C(=O)NCc2ccn[nH]2)O1. The van der Waals surface area contributed by atoms with Crippen LogP contribution >= 0.6 is 0 Å². The molecule has 2 aromatic heterocycles. The third-order valence-corrected chi connectivity index (χ3v) is 4.77. The maximum absolute atomic E-state index is 12.6. The number of benzene rings is 1. The quantitative estimate of drug-likeness (QED) is 0.718. The topological polar surface area (TPSA) is 107 Å². The number of morpholine rings is 1. The van der Waals surface area contributed by atoms with Gasteiger partial charge in [0, 0.05) is 30.0 Å². The molecular formula is C20H20N6O2. The van der Waals surface area contributed by atoms with Gasteiger partial charge >= 0.3 is 0 Å². The number of amides is 1. The van der Waals surface area contributed by atoms with Crippen LogP contribution in [-0.2, 0) is 16.1 Å². The summed E-state index contributed by atoms with van der Waals surface area (Å²) in [5, 5.41) is 19.8. The highest BCUT2D eigenvalue weighted by molar-refractivity contribution is 5.95. The van der Waals surface area contributed by atoms with Gasteiger partial charge in [-0.2, -0.15) is 10.4 Å². The molecule has 0 saturated carbocycles. The summed E-state index contributed by atoms with van der Waals surface area (Å²) in [6.45, 7) is 3.40. The van der Waals surface area contributed by atoms with E-state index in [2.05, 4.69) is 31.5 Å². The van der Waals surface area contributed by atoms with Gasteiger partial charge in [0.1, 0.15) is 6.07 Å². The Balaban J connectivity index is 1.56. The Morgan fingerprint density at radius 2 is 2.25 bits per heavy atom. The lowest BCUT2D eigenvalue weighted by atomic mass is 10.1. The van der Waals surface area contributed by atoms with E-state index in [1.54, 1.807) is 18.5 Å². The lowest BCUT2D eigenvalue weighted by Gasteiger charge is -2.38. The minimum absolute atomic E-state index is 0.112. The Labute approximate surface area is 162 Å². The molecule has 4 rings (SSSR count). The predicted octanol–water partition coefficient (Wildman–Crippen LogP) is 1.74. The normalized spacial score (nSPS) is 19.4. The first kappa shape index (κ1) is 17.9. The van der Waals surface area contributed by atoms with Crippen LogP contribution in [0.1, 0.15) is 18.2 Å². The minimum atomic E-state index is -0.589. The molecule has 28 heavy (non-hydrogen) atoms. The average Bonchev–Trinajstić information content (AvgIpc) is 3.24. The highest BCUT2D eigenvalue weighted by atomic mass is 16.5. The molecular weight excluding hydrogens is 356 g/mol. The van der Waals surface area contributed by atoms with E-state index in [1.807, 2.05) is 31.2 Å². The molecule has 8 heteroatoms. The van der Waals surface area contributed by atoms with Crippen LogP contribution in [0.25, 0.3) is 10.9 Å². The summed E-state index contributed by atoms with van der Waals surface area (Å²) in [5.41, 5.74) is 2.98. The molecule has 2 unspecified atom stereocenters. The fourth-order valence-electron chi connectivity index (χ4n) is 3.50. The van der Waals surface area contributed by atoms with E-state index in [-0.39, 0.29) is 12.0 Å². The number of nitriles is 1. The van der Waals surface area contributed by atoms with Crippen molar-refractivity contribution in [1.29, 1.82) is 5.26 Å². The monoisotopic (exact) mass is 376 g/mol. The van der Waals surface area contributed by atoms with Crippen LogP contribution in [0.5, 0.6) is 0 Å². The molecule has 0 radical (unpaired) electrons. The number of pyridine rings is 1. The molecule has 3 heterocycles. The number of carbonyl (C=O) groups is 1. The van der Waals surface area contributed by atoms with Gasteiger partial charge in [-0.1, -0.05) is 0 Å². The Kier molecular flexibility index (Phi) is 4.91. The smallest absolute Gasteiger partial charge is 0.251 e. The molecule has 0 aliphatic carbocycles. The zero-order valence-corrected chi connectivity index (χ0v) is 15.4. The van der Waals surface area contributed by atoms with Crippen LogP contribution in [0.2, 0.25) is 0 Å². The van der Waals surface area contributed by atoms with Crippen LogP contribution in [0.3, 0.4) is 0 Å². The molecule has 2 N–H and O–H groups in total. The fraction of sp³-hybridized carbons (Fsp3) is 0.300. The molecule has 1 aromatic carbocycles. The standard InChI is InChI=1S/C20H20N6O2/c1-13-11-26(12-18(28-13)20(27)23-10-15-6-8-24-25-15)17-5-4-14(9-21)19-16(17)3-2-7-22-19/h2-8,13,18H,10-12H2,1H3,(H,23,27)(H,24,25). The van der Waals surface area contributed by atoms with Crippen molar-refractivity contribution in [2.24, 2.45) is 0 Å². The van der Waals surface area contributed by atoms with Crippen LogP contribution in [-0.4, -0.2) is 46.4 Å². The molecule has 0 spiro atoms. The third kappa shape index (κ3) is 3.52. The van der Waals surface area contributed by atoms with Gasteiger partial charge in [0.15, 0.2) is 6.10 Å². The second-order valence-electron chi connectivity index (χ2n) is 6.78. The highest BCUT2D eigenvalue weighted by Crippen LogP contribution is 2.30. The molecule has 1 amide bonds. The van der Waals surface area contributed by atoms with Gasteiger partial charge in [-0.25, -0.2) is 0 Å². The van der Waals surface area contributed by atoms with E-state index in [1.165, 1.54) is 0 Å². The number of hydrogen-bond acceptors (Lipinski definition) is 6. The maximum Gasteiger partial charge on any atom is 0.251 e. The van der Waals surface area contributed by atoms with Gasteiger partial charge in [0.25, 0.3) is 5.91 Å². The van der Waals surface area contributed by atoms with Gasteiger partial charge in [-0.15, -0.1) is 0 Å². The Morgan fingerprint density at radius 1 is 1.36 bits per heavy atom. The van der Waals surface area contributed by atoms with Crippen molar-refractivity contribution in [3.05, 3.63) is 54.0 Å². The number of H-pyrrole nitrogens is 1. The van der Waals surface area contributed by atoms with E-state index in [4.69, 9.17) is 4.74 Å². The summed E-state index contributed by atoms with van der Waals surface area (Å²) in [6, 6.07) is 11.5. The number of anilines is 1. The lowest BCUT2D eigenvalue weighted by Crippen LogP contribution is -2.52. The van der Waals surface area contributed by atoms with Crippen molar-refractivity contribution in [3.8, 4) is 6.07 Å². The largest absolute Gasteiger partial charge is 0.365 e. The second-order valence-corrected chi connectivity index (χ2v) is 6.78.